The standard InChI is InChI=1S/C26H50O4/c1-19(2)9-11-23(25(27)29-17-15-21(5)6)13-14-24(12-10-20(3)4)26(28)30-18-16-22(7)8/h19-24H,9-18H2,1-8H3. The van der Waals surface area contributed by atoms with E-state index in [1.165, 1.54) is 0 Å². The number of carbonyl (C=O) groups excluding carboxylic acids is 2. The summed E-state index contributed by atoms with van der Waals surface area (Å²) >= 11 is 0. The Morgan fingerprint density at radius 2 is 0.733 bits per heavy atom. The molecule has 0 aromatic rings. The Kier molecular flexibility index (Phi) is 16.0. The van der Waals surface area contributed by atoms with Gasteiger partial charge in [-0.2, -0.15) is 0 Å². The average molecular weight is 427 g/mol. The van der Waals surface area contributed by atoms with Crippen LogP contribution in [0.4, 0.5) is 0 Å². The number of hydrogen-bond donors (Lipinski definition) is 0. The predicted molar refractivity (Wildman–Crippen MR) is 125 cm³/mol. The Bertz CT molecular complexity index is 412. The molecular formula is C26H50O4. The molecule has 0 amide bonds. The molecule has 178 valence electrons. The normalized spacial score (nSPS) is 13.9. The maximum absolute atomic E-state index is 12.7. The van der Waals surface area contributed by atoms with Gasteiger partial charge in [0.25, 0.3) is 0 Å². The number of esters is 2. The minimum Gasteiger partial charge on any atom is -0.465 e. The second-order valence-corrected chi connectivity index (χ2v) is 10.6. The lowest BCUT2D eigenvalue weighted by molar-refractivity contribution is -0.152. The molecule has 0 saturated carbocycles. The summed E-state index contributed by atoms with van der Waals surface area (Å²) in [6.45, 7) is 18.2. The highest BCUT2D eigenvalue weighted by Gasteiger charge is 2.26. The topological polar surface area (TPSA) is 52.6 Å². The Balaban J connectivity index is 4.90. The SMILES string of the molecule is CC(C)CCOC(=O)C(CCC(C)C)CCC(CCC(C)C)C(=O)OCCC(C)C. The van der Waals surface area contributed by atoms with Crippen LogP contribution in [0.25, 0.3) is 0 Å². The van der Waals surface area contributed by atoms with Crippen LogP contribution in [-0.2, 0) is 19.1 Å². The summed E-state index contributed by atoms with van der Waals surface area (Å²) in [6.07, 6.45) is 6.85. The Hall–Kier alpha value is -1.06. The zero-order valence-electron chi connectivity index (χ0n) is 21.2. The third-order valence-corrected chi connectivity index (χ3v) is 5.59. The van der Waals surface area contributed by atoms with Gasteiger partial charge < -0.3 is 9.47 Å². The highest BCUT2D eigenvalue weighted by atomic mass is 16.5. The van der Waals surface area contributed by atoms with Crippen LogP contribution in [0.5, 0.6) is 0 Å². The molecule has 0 aromatic heterocycles. The summed E-state index contributed by atoms with van der Waals surface area (Å²) in [5, 5.41) is 0. The molecule has 0 aliphatic carbocycles. The lowest BCUT2D eigenvalue weighted by atomic mass is 9.87. The van der Waals surface area contributed by atoms with Crippen LogP contribution in [0.3, 0.4) is 0 Å². The molecule has 0 rings (SSSR count). The molecule has 0 N–H and O–H groups in total. The average Bonchev–Trinajstić information content (AvgIpc) is 2.62. The molecule has 0 bridgehead atoms. The van der Waals surface area contributed by atoms with Gasteiger partial charge in [-0.15, -0.1) is 0 Å². The van der Waals surface area contributed by atoms with E-state index in [0.717, 1.165) is 38.5 Å². The largest absolute Gasteiger partial charge is 0.465 e. The molecule has 0 radical (unpaired) electrons. The van der Waals surface area contributed by atoms with Crippen molar-refractivity contribution in [1.82, 2.24) is 0 Å². The van der Waals surface area contributed by atoms with Gasteiger partial charge in [-0.05, 0) is 62.2 Å². The van der Waals surface area contributed by atoms with Crippen molar-refractivity contribution in [1.29, 1.82) is 0 Å². The molecule has 4 nitrogen and oxygen atoms in total. The molecule has 30 heavy (non-hydrogen) atoms. The van der Waals surface area contributed by atoms with Crippen molar-refractivity contribution in [3.63, 3.8) is 0 Å². The van der Waals surface area contributed by atoms with Crippen molar-refractivity contribution >= 4 is 11.9 Å². The summed E-state index contributed by atoms with van der Waals surface area (Å²) < 4.78 is 11.1. The minimum atomic E-state index is -0.121. The maximum Gasteiger partial charge on any atom is 0.308 e. The number of hydrogen-bond acceptors (Lipinski definition) is 4. The number of carbonyl (C=O) groups is 2. The van der Waals surface area contributed by atoms with Gasteiger partial charge in [0.15, 0.2) is 0 Å². The zero-order chi connectivity index (χ0) is 23.1. The van der Waals surface area contributed by atoms with Crippen molar-refractivity contribution in [3.05, 3.63) is 0 Å². The van der Waals surface area contributed by atoms with Crippen LogP contribution in [0.15, 0.2) is 0 Å². The van der Waals surface area contributed by atoms with E-state index in [1.807, 2.05) is 0 Å². The summed E-state index contributed by atoms with van der Waals surface area (Å²) in [6, 6.07) is 0. The first kappa shape index (κ1) is 28.9. The molecule has 0 saturated heterocycles. The van der Waals surface area contributed by atoms with Crippen LogP contribution < -0.4 is 0 Å². The van der Waals surface area contributed by atoms with E-state index in [0.29, 0.717) is 49.7 Å². The summed E-state index contributed by atoms with van der Waals surface area (Å²) in [7, 11) is 0. The monoisotopic (exact) mass is 426 g/mol. The lowest BCUT2D eigenvalue weighted by Crippen LogP contribution is -2.24. The van der Waals surface area contributed by atoms with Crippen LogP contribution in [0.1, 0.15) is 107 Å². The summed E-state index contributed by atoms with van der Waals surface area (Å²) in [5.74, 6) is 1.72. The van der Waals surface area contributed by atoms with Crippen molar-refractivity contribution in [3.8, 4) is 0 Å². The fourth-order valence-electron chi connectivity index (χ4n) is 3.26. The zero-order valence-corrected chi connectivity index (χ0v) is 21.2. The van der Waals surface area contributed by atoms with E-state index in [1.54, 1.807) is 0 Å². The lowest BCUT2D eigenvalue weighted by Gasteiger charge is -2.21. The third kappa shape index (κ3) is 15.7. The quantitative estimate of drug-likeness (QED) is 0.234. The first-order chi connectivity index (χ1) is 14.0. The summed E-state index contributed by atoms with van der Waals surface area (Å²) in [5.41, 5.74) is 0. The van der Waals surface area contributed by atoms with Gasteiger partial charge >= 0.3 is 11.9 Å². The van der Waals surface area contributed by atoms with Gasteiger partial charge in [-0.3, -0.25) is 9.59 Å². The molecule has 0 aliphatic heterocycles. The fourth-order valence-corrected chi connectivity index (χ4v) is 3.26. The van der Waals surface area contributed by atoms with Gasteiger partial charge in [0, 0.05) is 0 Å². The molecule has 0 fully saturated rings. The van der Waals surface area contributed by atoms with E-state index in [9.17, 15) is 9.59 Å². The van der Waals surface area contributed by atoms with E-state index < -0.39 is 0 Å². The molecule has 0 aliphatic rings. The van der Waals surface area contributed by atoms with E-state index in [-0.39, 0.29) is 23.8 Å². The van der Waals surface area contributed by atoms with E-state index in [4.69, 9.17) is 9.47 Å². The predicted octanol–water partition coefficient (Wildman–Crippen LogP) is 7.05. The third-order valence-electron chi connectivity index (χ3n) is 5.59. The van der Waals surface area contributed by atoms with Crippen molar-refractivity contribution in [2.24, 2.45) is 35.5 Å². The minimum absolute atomic E-state index is 0.0907. The maximum atomic E-state index is 12.7. The van der Waals surface area contributed by atoms with Crippen molar-refractivity contribution in [2.75, 3.05) is 13.2 Å². The van der Waals surface area contributed by atoms with Crippen LogP contribution in [-0.4, -0.2) is 25.2 Å². The molecule has 0 aromatic carbocycles. The second-order valence-electron chi connectivity index (χ2n) is 10.6. The highest BCUT2D eigenvalue weighted by Crippen LogP contribution is 2.26. The molecular weight excluding hydrogens is 376 g/mol. The smallest absolute Gasteiger partial charge is 0.308 e. The Labute approximate surface area is 186 Å². The Morgan fingerprint density at radius 1 is 0.467 bits per heavy atom. The number of rotatable bonds is 17. The number of ether oxygens (including phenoxy) is 2. The molecule has 2 atom stereocenters. The first-order valence-corrected chi connectivity index (χ1v) is 12.4. The van der Waals surface area contributed by atoms with Gasteiger partial charge in [-0.25, -0.2) is 0 Å². The van der Waals surface area contributed by atoms with Gasteiger partial charge in [0.1, 0.15) is 0 Å². The van der Waals surface area contributed by atoms with Crippen LogP contribution in [0, 0.1) is 35.5 Å². The highest BCUT2D eigenvalue weighted by molar-refractivity contribution is 5.73. The van der Waals surface area contributed by atoms with E-state index in [2.05, 4.69) is 55.4 Å². The van der Waals surface area contributed by atoms with Crippen LogP contribution in [0.2, 0.25) is 0 Å². The van der Waals surface area contributed by atoms with Gasteiger partial charge in [-0.1, -0.05) is 68.2 Å². The Morgan fingerprint density at radius 3 is 1.00 bits per heavy atom. The fraction of sp³-hybridized carbons (Fsp3) is 0.923. The van der Waals surface area contributed by atoms with Gasteiger partial charge in [0.05, 0.1) is 25.0 Å². The van der Waals surface area contributed by atoms with Crippen molar-refractivity contribution in [2.45, 2.75) is 107 Å². The first-order valence-electron chi connectivity index (χ1n) is 12.4. The van der Waals surface area contributed by atoms with Crippen molar-refractivity contribution < 1.29 is 19.1 Å². The van der Waals surface area contributed by atoms with Gasteiger partial charge in [0.2, 0.25) is 0 Å². The molecule has 0 spiro atoms. The molecule has 0 heterocycles. The van der Waals surface area contributed by atoms with Crippen LogP contribution >= 0.6 is 0 Å². The molecule has 2 unspecified atom stereocenters. The summed E-state index contributed by atoms with van der Waals surface area (Å²) in [4.78, 5) is 25.4. The second kappa shape index (κ2) is 16.6. The molecule has 4 heteroatoms. The van der Waals surface area contributed by atoms with E-state index >= 15 is 0 Å².